The number of aromatic nitrogens is 4. The molecule has 0 aliphatic carbocycles. The van der Waals surface area contributed by atoms with Crippen molar-refractivity contribution in [3.63, 3.8) is 0 Å². The van der Waals surface area contributed by atoms with E-state index in [-0.39, 0.29) is 5.69 Å². The Labute approximate surface area is 160 Å². The fourth-order valence-corrected chi connectivity index (χ4v) is 3.87. The van der Waals surface area contributed by atoms with Gasteiger partial charge in [-0.1, -0.05) is 23.4 Å². The standard InChI is InChI=1S/C22H18N4O2/c1-12-20(13(2)28-25-12)15-9-17(21-19(10-15)24-22(27)26(21)3)16-8-14-6-4-5-7-18(14)23-11-16/h4-11H,1-3H3,(H,24,27). The second-order valence-electron chi connectivity index (χ2n) is 7.03. The Morgan fingerprint density at radius 3 is 2.68 bits per heavy atom. The minimum absolute atomic E-state index is 0.152. The number of aromatic amines is 1. The number of nitrogens with one attached hydrogen (secondary N) is 1. The highest BCUT2D eigenvalue weighted by Gasteiger charge is 2.18. The normalized spacial score (nSPS) is 11.5. The van der Waals surface area contributed by atoms with Crippen molar-refractivity contribution in [2.75, 3.05) is 0 Å². The van der Waals surface area contributed by atoms with Crippen LogP contribution in [0.15, 0.2) is 58.0 Å². The maximum Gasteiger partial charge on any atom is 0.326 e. The van der Waals surface area contributed by atoms with E-state index in [1.165, 1.54) is 0 Å². The third-order valence-electron chi connectivity index (χ3n) is 5.22. The fraction of sp³-hybridized carbons (Fsp3) is 0.136. The maximum atomic E-state index is 12.3. The Morgan fingerprint density at radius 2 is 1.89 bits per heavy atom. The number of hydrogen-bond acceptors (Lipinski definition) is 4. The number of aryl methyl sites for hydroxylation is 3. The van der Waals surface area contributed by atoms with Crippen molar-refractivity contribution in [2.45, 2.75) is 13.8 Å². The van der Waals surface area contributed by atoms with E-state index >= 15 is 0 Å². The molecule has 0 unspecified atom stereocenters. The van der Waals surface area contributed by atoms with Crippen LogP contribution in [-0.2, 0) is 7.05 Å². The molecule has 6 heteroatoms. The van der Waals surface area contributed by atoms with Crippen LogP contribution in [0.3, 0.4) is 0 Å². The molecule has 0 saturated heterocycles. The molecule has 0 aliphatic rings. The van der Waals surface area contributed by atoms with E-state index in [2.05, 4.69) is 27.3 Å². The molecule has 0 atom stereocenters. The van der Waals surface area contributed by atoms with Crippen LogP contribution in [-0.4, -0.2) is 19.7 Å². The van der Waals surface area contributed by atoms with Crippen molar-refractivity contribution >= 4 is 21.9 Å². The van der Waals surface area contributed by atoms with Crippen molar-refractivity contribution in [3.05, 3.63) is 70.6 Å². The molecule has 2 aromatic carbocycles. The number of fused-ring (bicyclic) bond motifs is 2. The summed E-state index contributed by atoms with van der Waals surface area (Å²) in [5.41, 5.74) is 7.01. The van der Waals surface area contributed by atoms with Gasteiger partial charge in [-0.05, 0) is 43.7 Å². The molecule has 0 aliphatic heterocycles. The van der Waals surface area contributed by atoms with Gasteiger partial charge in [0.05, 0.1) is 22.2 Å². The number of para-hydroxylation sites is 1. The van der Waals surface area contributed by atoms with Gasteiger partial charge in [0.15, 0.2) is 0 Å². The Hall–Kier alpha value is -3.67. The van der Waals surface area contributed by atoms with Crippen LogP contribution in [0.4, 0.5) is 0 Å². The lowest BCUT2D eigenvalue weighted by atomic mass is 9.96. The van der Waals surface area contributed by atoms with Crippen molar-refractivity contribution in [2.24, 2.45) is 7.05 Å². The molecule has 0 spiro atoms. The highest BCUT2D eigenvalue weighted by atomic mass is 16.5. The van der Waals surface area contributed by atoms with Gasteiger partial charge >= 0.3 is 5.69 Å². The lowest BCUT2D eigenvalue weighted by Crippen LogP contribution is -2.12. The maximum absolute atomic E-state index is 12.3. The Bertz CT molecular complexity index is 1400. The smallest absolute Gasteiger partial charge is 0.326 e. The van der Waals surface area contributed by atoms with Gasteiger partial charge in [-0.15, -0.1) is 0 Å². The van der Waals surface area contributed by atoms with Crippen LogP contribution in [0.5, 0.6) is 0 Å². The molecule has 0 saturated carbocycles. The van der Waals surface area contributed by atoms with Gasteiger partial charge in [-0.2, -0.15) is 0 Å². The van der Waals surface area contributed by atoms with E-state index < -0.39 is 0 Å². The minimum atomic E-state index is -0.152. The lowest BCUT2D eigenvalue weighted by Gasteiger charge is -2.10. The molecule has 6 nitrogen and oxygen atoms in total. The predicted octanol–water partition coefficient (Wildman–Crippen LogP) is 4.35. The Morgan fingerprint density at radius 1 is 1.07 bits per heavy atom. The molecule has 28 heavy (non-hydrogen) atoms. The highest BCUT2D eigenvalue weighted by Crippen LogP contribution is 2.35. The van der Waals surface area contributed by atoms with Gasteiger partial charge in [0.2, 0.25) is 0 Å². The van der Waals surface area contributed by atoms with Crippen LogP contribution in [0.25, 0.3) is 44.2 Å². The van der Waals surface area contributed by atoms with Gasteiger partial charge < -0.3 is 9.51 Å². The number of imidazole rings is 1. The highest BCUT2D eigenvalue weighted by molar-refractivity contribution is 5.98. The molecule has 138 valence electrons. The second kappa shape index (κ2) is 5.92. The van der Waals surface area contributed by atoms with Gasteiger partial charge in [0.25, 0.3) is 0 Å². The number of nitrogens with zero attached hydrogens (tertiary/aromatic N) is 3. The monoisotopic (exact) mass is 370 g/mol. The van der Waals surface area contributed by atoms with E-state index in [9.17, 15) is 4.79 Å². The summed E-state index contributed by atoms with van der Waals surface area (Å²) in [4.78, 5) is 19.9. The summed E-state index contributed by atoms with van der Waals surface area (Å²) in [6.07, 6.45) is 1.85. The Balaban J connectivity index is 1.86. The fourth-order valence-electron chi connectivity index (χ4n) is 3.87. The molecule has 0 amide bonds. The summed E-state index contributed by atoms with van der Waals surface area (Å²) in [5.74, 6) is 0.748. The number of H-pyrrole nitrogens is 1. The summed E-state index contributed by atoms with van der Waals surface area (Å²) < 4.78 is 6.99. The molecule has 1 N–H and O–H groups in total. The van der Waals surface area contributed by atoms with Gasteiger partial charge in [0, 0.05) is 35.3 Å². The Kier molecular flexibility index (Phi) is 3.49. The largest absolute Gasteiger partial charge is 0.361 e. The molecular formula is C22H18N4O2. The first-order valence-corrected chi connectivity index (χ1v) is 9.04. The van der Waals surface area contributed by atoms with Crippen LogP contribution in [0.1, 0.15) is 11.5 Å². The first-order chi connectivity index (χ1) is 13.5. The molecule has 0 radical (unpaired) electrons. The summed E-state index contributed by atoms with van der Waals surface area (Å²) >= 11 is 0. The van der Waals surface area contributed by atoms with Crippen LogP contribution >= 0.6 is 0 Å². The van der Waals surface area contributed by atoms with E-state index in [0.717, 1.165) is 55.6 Å². The molecule has 0 bridgehead atoms. The summed E-state index contributed by atoms with van der Waals surface area (Å²) in [7, 11) is 1.77. The number of benzene rings is 2. The summed E-state index contributed by atoms with van der Waals surface area (Å²) in [5, 5.41) is 5.13. The number of hydrogen-bond donors (Lipinski definition) is 1. The molecule has 3 aromatic heterocycles. The van der Waals surface area contributed by atoms with Gasteiger partial charge in [-0.3, -0.25) is 9.55 Å². The van der Waals surface area contributed by atoms with Crippen LogP contribution in [0, 0.1) is 13.8 Å². The zero-order chi connectivity index (χ0) is 19.4. The topological polar surface area (TPSA) is 76.7 Å². The molecular weight excluding hydrogens is 352 g/mol. The van der Waals surface area contributed by atoms with Crippen molar-refractivity contribution in [3.8, 4) is 22.3 Å². The van der Waals surface area contributed by atoms with Crippen LogP contribution < -0.4 is 5.69 Å². The number of pyridine rings is 1. The number of rotatable bonds is 2. The van der Waals surface area contributed by atoms with E-state index in [1.807, 2.05) is 50.4 Å². The molecule has 0 fully saturated rings. The third kappa shape index (κ3) is 2.38. The van der Waals surface area contributed by atoms with Crippen molar-refractivity contribution in [1.82, 2.24) is 19.7 Å². The third-order valence-corrected chi connectivity index (χ3v) is 5.22. The van der Waals surface area contributed by atoms with Crippen molar-refractivity contribution in [1.29, 1.82) is 0 Å². The molecule has 5 rings (SSSR count). The SMILES string of the molecule is Cc1noc(C)c1-c1cc(-c2cnc3ccccc3c2)c2c(c1)[nH]c(=O)n2C. The van der Waals surface area contributed by atoms with Crippen LogP contribution in [0.2, 0.25) is 0 Å². The van der Waals surface area contributed by atoms with E-state index in [4.69, 9.17) is 4.52 Å². The quantitative estimate of drug-likeness (QED) is 0.501. The van der Waals surface area contributed by atoms with E-state index in [0.29, 0.717) is 0 Å². The average Bonchev–Trinajstić information content (AvgIpc) is 3.18. The summed E-state index contributed by atoms with van der Waals surface area (Å²) in [6, 6.07) is 14.1. The second-order valence-corrected chi connectivity index (χ2v) is 7.03. The lowest BCUT2D eigenvalue weighted by molar-refractivity contribution is 0.393. The molecule has 5 aromatic rings. The van der Waals surface area contributed by atoms with Gasteiger partial charge in [-0.25, -0.2) is 4.79 Å². The zero-order valence-corrected chi connectivity index (χ0v) is 15.8. The van der Waals surface area contributed by atoms with E-state index in [1.54, 1.807) is 11.6 Å². The first-order valence-electron chi connectivity index (χ1n) is 9.04. The first kappa shape index (κ1) is 16.5. The minimum Gasteiger partial charge on any atom is -0.361 e. The van der Waals surface area contributed by atoms with Crippen molar-refractivity contribution < 1.29 is 4.52 Å². The molecule has 3 heterocycles. The zero-order valence-electron chi connectivity index (χ0n) is 15.8. The summed E-state index contributed by atoms with van der Waals surface area (Å²) in [6.45, 7) is 3.81. The van der Waals surface area contributed by atoms with Gasteiger partial charge in [0.1, 0.15) is 5.76 Å². The predicted molar refractivity (Wildman–Crippen MR) is 109 cm³/mol. The average molecular weight is 370 g/mol.